The van der Waals surface area contributed by atoms with Gasteiger partial charge in [-0.25, -0.2) is 0 Å². The zero-order valence-electron chi connectivity index (χ0n) is 3.08. The van der Waals surface area contributed by atoms with E-state index in [1.807, 2.05) is 0 Å². The summed E-state index contributed by atoms with van der Waals surface area (Å²) in [6.45, 7) is 4.42. The Hall–Kier alpha value is 0.931. The minimum absolute atomic E-state index is 0. The van der Waals surface area contributed by atoms with Crippen LogP contribution in [0.3, 0.4) is 0 Å². The first-order chi connectivity index (χ1) is 1.41. The van der Waals surface area contributed by atoms with Crippen LogP contribution < -0.4 is 0 Å². The molecule has 0 rings (SSSR count). The molecule has 0 aliphatic heterocycles. The van der Waals surface area contributed by atoms with Gasteiger partial charge >= 0.3 is 21.7 Å². The molecule has 0 nitrogen and oxygen atoms in total. The summed E-state index contributed by atoms with van der Waals surface area (Å²) in [7, 11) is 0.750. The molecule has 4 heavy (non-hydrogen) atoms. The van der Waals surface area contributed by atoms with Crippen molar-refractivity contribution < 1.29 is 21.7 Å². The first-order valence-electron chi connectivity index (χ1n) is 1.15. The van der Waals surface area contributed by atoms with E-state index >= 15 is 0 Å². The van der Waals surface area contributed by atoms with Crippen LogP contribution >= 0.6 is 0 Å². The van der Waals surface area contributed by atoms with Gasteiger partial charge in [0.05, 0.1) is 0 Å². The summed E-state index contributed by atoms with van der Waals surface area (Å²) in [4.78, 5) is 0. The third-order valence-electron chi connectivity index (χ3n) is 0. The Labute approximate surface area is 44.7 Å². The van der Waals surface area contributed by atoms with Crippen molar-refractivity contribution in [3.8, 4) is 0 Å². The van der Waals surface area contributed by atoms with E-state index < -0.39 is 0 Å². The predicted octanol–water partition coefficient (Wildman–Crippen LogP) is 0.517. The predicted molar refractivity (Wildman–Crippen MR) is 18.9 cm³/mol. The zero-order chi connectivity index (χ0) is 2.71. The van der Waals surface area contributed by atoms with Crippen LogP contribution in [0.15, 0.2) is 0 Å². The Morgan fingerprint density at radius 3 is 1.25 bits per heavy atom. The van der Waals surface area contributed by atoms with E-state index in [0.29, 0.717) is 0 Å². The summed E-state index contributed by atoms with van der Waals surface area (Å²) < 4.78 is 0. The minimum Gasteiger partial charge on any atom is -0.0743 e. The van der Waals surface area contributed by atoms with Gasteiger partial charge in [-0.1, -0.05) is 13.1 Å². The second kappa shape index (κ2) is 9.06. The second-order valence-electron chi connectivity index (χ2n) is 0.577. The molecular weight excluding hydrogens is 100.0 g/mol. The van der Waals surface area contributed by atoms with Gasteiger partial charge in [0.1, 0.15) is 0 Å². The van der Waals surface area contributed by atoms with Crippen LogP contribution in [-0.4, -0.2) is 9.52 Å². The normalized spacial score (nSPS) is 4.50. The maximum atomic E-state index is 2.21. The van der Waals surface area contributed by atoms with Gasteiger partial charge in [0.2, 0.25) is 0 Å². The molecule has 0 fully saturated rings. The first kappa shape index (κ1) is 8.87. The van der Waals surface area contributed by atoms with E-state index in [4.69, 9.17) is 0 Å². The van der Waals surface area contributed by atoms with E-state index in [1.165, 1.54) is 0 Å². The van der Waals surface area contributed by atoms with Gasteiger partial charge in [-0.15, -0.1) is 0 Å². The Kier molecular flexibility index (Phi) is 20.1. The molecule has 0 unspecified atom stereocenters. The molecule has 0 saturated heterocycles. The maximum absolute atomic E-state index is 2.21. The third kappa shape index (κ3) is 12.6. The van der Waals surface area contributed by atoms with Crippen LogP contribution in [0.25, 0.3) is 0 Å². The smallest absolute Gasteiger partial charge is 0.0743 e. The summed E-state index contributed by atoms with van der Waals surface area (Å²) in [5.41, 5.74) is 0. The molecule has 0 aliphatic rings. The fourth-order valence-corrected chi connectivity index (χ4v) is 0. The average molecular weight is 107 g/mol. The second-order valence-corrected chi connectivity index (χ2v) is 1.73. The van der Waals surface area contributed by atoms with Crippen molar-refractivity contribution >= 4 is 9.52 Å². The van der Waals surface area contributed by atoms with Crippen molar-refractivity contribution in [3.05, 3.63) is 0 Å². The van der Waals surface area contributed by atoms with Crippen molar-refractivity contribution in [1.29, 1.82) is 0 Å². The molecule has 2 heteroatoms. The van der Waals surface area contributed by atoms with E-state index in [0.717, 1.165) is 9.52 Å². The monoisotopic (exact) mass is 107 g/mol. The van der Waals surface area contributed by atoms with E-state index in [1.54, 1.807) is 0 Å². The summed E-state index contributed by atoms with van der Waals surface area (Å²) in [5, 5.41) is 0. The van der Waals surface area contributed by atoms with E-state index in [9.17, 15) is 0 Å². The molecule has 1 radical (unpaired) electrons. The van der Waals surface area contributed by atoms with Gasteiger partial charge in [-0.3, -0.25) is 0 Å². The standard InChI is InChI=1S/C2H7Si.Ti/c1-3-2;/h3H,1-2H3;/q;+2. The van der Waals surface area contributed by atoms with Crippen molar-refractivity contribution in [2.24, 2.45) is 0 Å². The molecule has 0 atom stereocenters. The van der Waals surface area contributed by atoms with Crippen LogP contribution in [0.1, 0.15) is 0 Å². The van der Waals surface area contributed by atoms with E-state index in [-0.39, 0.29) is 21.7 Å². The summed E-state index contributed by atoms with van der Waals surface area (Å²) >= 11 is 0. The topological polar surface area (TPSA) is 0 Å². The number of hydrogen-bond donors (Lipinski definition) is 0. The van der Waals surface area contributed by atoms with Crippen LogP contribution in [0.5, 0.6) is 0 Å². The van der Waals surface area contributed by atoms with E-state index in [2.05, 4.69) is 13.1 Å². The molecule has 0 aliphatic carbocycles. The van der Waals surface area contributed by atoms with Gasteiger partial charge < -0.3 is 0 Å². The SMILES string of the molecule is C[SiH]C.[Ti+2]. The van der Waals surface area contributed by atoms with Crippen molar-refractivity contribution in [1.82, 2.24) is 0 Å². The molecule has 0 heterocycles. The van der Waals surface area contributed by atoms with Crippen LogP contribution in [0.2, 0.25) is 13.1 Å². The molecular formula is C2H7SiTi+2. The molecule has 0 aromatic carbocycles. The molecule has 0 aromatic rings. The average Bonchev–Trinajstić information content (AvgIpc) is 0.918. The van der Waals surface area contributed by atoms with Gasteiger partial charge in [-0.2, -0.15) is 0 Å². The van der Waals surface area contributed by atoms with Crippen molar-refractivity contribution in [3.63, 3.8) is 0 Å². The Morgan fingerprint density at radius 1 is 1.25 bits per heavy atom. The fourth-order valence-electron chi connectivity index (χ4n) is 0. The minimum atomic E-state index is 0. The summed E-state index contributed by atoms with van der Waals surface area (Å²) in [5.74, 6) is 0. The molecule has 21 valence electrons. The summed E-state index contributed by atoms with van der Waals surface area (Å²) in [6, 6.07) is 0. The van der Waals surface area contributed by atoms with Gasteiger partial charge in [-0.05, 0) is 0 Å². The largest absolute Gasteiger partial charge is 2.00 e. The summed E-state index contributed by atoms with van der Waals surface area (Å²) in [6.07, 6.45) is 0. The molecule has 0 saturated carbocycles. The van der Waals surface area contributed by atoms with Crippen LogP contribution in [0, 0.1) is 0 Å². The maximum Gasteiger partial charge on any atom is 2.00 e. The molecule has 0 N–H and O–H groups in total. The molecule has 0 aromatic heterocycles. The molecule has 0 amide bonds. The Morgan fingerprint density at radius 2 is 1.25 bits per heavy atom. The van der Waals surface area contributed by atoms with Crippen molar-refractivity contribution in [2.75, 3.05) is 0 Å². The van der Waals surface area contributed by atoms with Crippen molar-refractivity contribution in [2.45, 2.75) is 13.1 Å². The fraction of sp³-hybridized carbons (Fsp3) is 1.00. The van der Waals surface area contributed by atoms with Crippen LogP contribution in [0.4, 0.5) is 0 Å². The third-order valence-corrected chi connectivity index (χ3v) is 0. The van der Waals surface area contributed by atoms with Gasteiger partial charge in [0.25, 0.3) is 0 Å². The van der Waals surface area contributed by atoms with Gasteiger partial charge in [0, 0.05) is 9.52 Å². The first-order valence-corrected chi connectivity index (χ1v) is 3.46. The quantitative estimate of drug-likeness (QED) is 0.396. The van der Waals surface area contributed by atoms with Crippen LogP contribution in [-0.2, 0) is 21.7 Å². The Balaban J connectivity index is 0. The molecule has 0 bridgehead atoms. The number of hydrogen-bond acceptors (Lipinski definition) is 0. The number of rotatable bonds is 0. The zero-order valence-corrected chi connectivity index (χ0v) is 5.79. The molecule has 0 spiro atoms. The van der Waals surface area contributed by atoms with Gasteiger partial charge in [0.15, 0.2) is 0 Å². The Bertz CT molecular complexity index is 6.00.